The number of aliphatic carboxylic acids is 1. The number of benzene rings is 1. The van der Waals surface area contributed by atoms with Gasteiger partial charge in [-0.15, -0.1) is 0 Å². The summed E-state index contributed by atoms with van der Waals surface area (Å²) < 4.78 is 5.70. The van der Waals surface area contributed by atoms with Crippen LogP contribution < -0.4 is 10.1 Å². The van der Waals surface area contributed by atoms with Crippen LogP contribution in [-0.2, 0) is 11.2 Å². The Balaban J connectivity index is 2.22. The van der Waals surface area contributed by atoms with E-state index < -0.39 is 5.97 Å². The molecule has 0 radical (unpaired) electrons. The molecule has 2 N–H and O–H groups in total. The van der Waals surface area contributed by atoms with E-state index in [9.17, 15) is 4.79 Å². The van der Waals surface area contributed by atoms with Gasteiger partial charge in [-0.2, -0.15) is 0 Å². The lowest BCUT2D eigenvalue weighted by Gasteiger charge is -2.27. The van der Waals surface area contributed by atoms with E-state index in [-0.39, 0.29) is 6.42 Å². The first kappa shape index (κ1) is 15.4. The van der Waals surface area contributed by atoms with Gasteiger partial charge in [0.15, 0.2) is 0 Å². The van der Waals surface area contributed by atoms with Gasteiger partial charge in [0.2, 0.25) is 0 Å². The Morgan fingerprint density at radius 2 is 2.33 bits per heavy atom. The van der Waals surface area contributed by atoms with Crippen molar-refractivity contribution < 1.29 is 14.6 Å². The molecule has 0 spiro atoms. The molecule has 1 aliphatic rings. The van der Waals surface area contributed by atoms with Crippen LogP contribution in [0.5, 0.6) is 5.75 Å². The minimum Gasteiger partial charge on any atom is -0.493 e. The van der Waals surface area contributed by atoms with E-state index in [1.54, 1.807) is 0 Å². The third kappa shape index (κ3) is 4.00. The molecule has 0 amide bonds. The predicted molar refractivity (Wildman–Crippen MR) is 82.7 cm³/mol. The highest BCUT2D eigenvalue weighted by Crippen LogP contribution is 2.37. The molecule has 21 heavy (non-hydrogen) atoms. The Bertz CT molecular complexity index is 537. The van der Waals surface area contributed by atoms with Crippen LogP contribution >= 0.6 is 0 Å². The minimum absolute atomic E-state index is 0.0592. The zero-order chi connectivity index (χ0) is 15.2. The van der Waals surface area contributed by atoms with Crippen molar-refractivity contribution in [1.82, 2.24) is 5.32 Å². The molecule has 0 fully saturated rings. The van der Waals surface area contributed by atoms with Gasteiger partial charge >= 0.3 is 5.97 Å². The molecular formula is C17H23NO3. The average Bonchev–Trinajstić information content (AvgIpc) is 2.46. The number of rotatable bonds is 6. The normalized spacial score (nSPS) is 17.8. The van der Waals surface area contributed by atoms with Gasteiger partial charge < -0.3 is 15.2 Å². The van der Waals surface area contributed by atoms with Crippen LogP contribution in [-0.4, -0.2) is 24.2 Å². The fourth-order valence-corrected chi connectivity index (χ4v) is 2.80. The first-order valence-electron chi connectivity index (χ1n) is 7.50. The number of carboxylic acids is 1. The molecule has 1 atom stereocenters. The van der Waals surface area contributed by atoms with Crippen molar-refractivity contribution in [2.24, 2.45) is 0 Å². The van der Waals surface area contributed by atoms with Gasteiger partial charge in [0, 0.05) is 12.2 Å². The van der Waals surface area contributed by atoms with Crippen LogP contribution in [0.1, 0.15) is 43.7 Å². The lowest BCUT2D eigenvalue weighted by molar-refractivity contribution is -0.136. The molecule has 0 saturated heterocycles. The zero-order valence-corrected chi connectivity index (χ0v) is 12.7. The molecule has 114 valence electrons. The maximum Gasteiger partial charge on any atom is 0.307 e. The second-order valence-corrected chi connectivity index (χ2v) is 5.33. The third-order valence-corrected chi connectivity index (χ3v) is 3.81. The second-order valence-electron chi connectivity index (χ2n) is 5.33. The summed E-state index contributed by atoms with van der Waals surface area (Å²) in [6.45, 7) is 5.76. The lowest BCUT2D eigenvalue weighted by atomic mass is 9.87. The molecule has 1 heterocycles. The molecule has 0 aliphatic carbocycles. The van der Waals surface area contributed by atoms with Crippen molar-refractivity contribution in [1.29, 1.82) is 0 Å². The molecule has 4 heteroatoms. The Morgan fingerprint density at radius 1 is 1.52 bits per heavy atom. The van der Waals surface area contributed by atoms with Gasteiger partial charge in [0.25, 0.3) is 0 Å². The van der Waals surface area contributed by atoms with Crippen molar-refractivity contribution in [3.8, 4) is 5.75 Å². The summed E-state index contributed by atoms with van der Waals surface area (Å²) >= 11 is 0. The summed E-state index contributed by atoms with van der Waals surface area (Å²) in [6, 6.07) is 5.74. The number of fused-ring (bicyclic) bond motifs is 1. The van der Waals surface area contributed by atoms with Gasteiger partial charge in [0.05, 0.1) is 13.0 Å². The first-order valence-corrected chi connectivity index (χ1v) is 7.50. The summed E-state index contributed by atoms with van der Waals surface area (Å²) in [7, 11) is 0. The highest BCUT2D eigenvalue weighted by atomic mass is 16.5. The largest absolute Gasteiger partial charge is 0.493 e. The fraction of sp³-hybridized carbons (Fsp3) is 0.471. The summed E-state index contributed by atoms with van der Waals surface area (Å²) in [6.07, 6.45) is 4.08. The number of hydrogen-bond acceptors (Lipinski definition) is 3. The van der Waals surface area contributed by atoms with Gasteiger partial charge in [-0.3, -0.25) is 4.79 Å². The monoisotopic (exact) mass is 289 g/mol. The smallest absolute Gasteiger partial charge is 0.307 e. The summed E-state index contributed by atoms with van der Waals surface area (Å²) in [5.41, 5.74) is 3.21. The summed E-state index contributed by atoms with van der Waals surface area (Å²) in [5, 5.41) is 12.3. The second kappa shape index (κ2) is 7.16. The number of ether oxygens (including phenoxy) is 1. The average molecular weight is 289 g/mol. The minimum atomic E-state index is -0.801. The molecule has 2 rings (SSSR count). The first-order chi connectivity index (χ1) is 10.1. The fourth-order valence-electron chi connectivity index (χ4n) is 2.80. The molecule has 1 aromatic rings. The SMILES string of the molecule is C/C=C(/CC1CCOc2ccc(CC(=O)O)cc21)NCC. The number of carboxylic acid groups (broad SMARTS) is 1. The van der Waals surface area contributed by atoms with Crippen molar-refractivity contribution in [2.45, 2.75) is 39.0 Å². The van der Waals surface area contributed by atoms with Gasteiger partial charge in [-0.05, 0) is 49.8 Å². The van der Waals surface area contributed by atoms with Crippen LogP contribution in [0.2, 0.25) is 0 Å². The van der Waals surface area contributed by atoms with Gasteiger partial charge in [-0.25, -0.2) is 0 Å². The number of carbonyl (C=O) groups is 1. The predicted octanol–water partition coefficient (Wildman–Crippen LogP) is 3.08. The molecule has 0 saturated carbocycles. The molecule has 1 aliphatic heterocycles. The van der Waals surface area contributed by atoms with Crippen LogP contribution in [0.15, 0.2) is 30.0 Å². The van der Waals surface area contributed by atoms with Crippen LogP contribution in [0, 0.1) is 0 Å². The van der Waals surface area contributed by atoms with E-state index >= 15 is 0 Å². The summed E-state index contributed by atoms with van der Waals surface area (Å²) in [4.78, 5) is 10.9. The van der Waals surface area contributed by atoms with Crippen molar-refractivity contribution in [2.75, 3.05) is 13.2 Å². The Kier molecular flexibility index (Phi) is 5.26. The van der Waals surface area contributed by atoms with E-state index in [0.29, 0.717) is 5.92 Å². The maximum atomic E-state index is 10.9. The summed E-state index contributed by atoms with van der Waals surface area (Å²) in [5.74, 6) is 0.477. The molecule has 1 aromatic carbocycles. The number of nitrogens with one attached hydrogen (secondary N) is 1. The standard InChI is InChI=1S/C17H23NO3/c1-3-14(18-4-2)11-13-7-8-21-16-6-5-12(9-15(13)16)10-17(19)20/h3,5-6,9,13,18H,4,7-8,10-11H2,1-2H3,(H,19,20)/b14-3-. The number of allylic oxidation sites excluding steroid dienone is 2. The van der Waals surface area contributed by atoms with Gasteiger partial charge in [-0.1, -0.05) is 18.2 Å². The van der Waals surface area contributed by atoms with Crippen molar-refractivity contribution >= 4 is 5.97 Å². The van der Waals surface area contributed by atoms with Crippen molar-refractivity contribution in [3.05, 3.63) is 41.1 Å². The van der Waals surface area contributed by atoms with E-state index in [1.165, 1.54) is 5.70 Å². The van der Waals surface area contributed by atoms with E-state index in [0.717, 1.165) is 42.9 Å². The lowest BCUT2D eigenvalue weighted by Crippen LogP contribution is -2.19. The number of hydrogen-bond donors (Lipinski definition) is 2. The molecule has 0 bridgehead atoms. The van der Waals surface area contributed by atoms with Crippen LogP contribution in [0.3, 0.4) is 0 Å². The molecular weight excluding hydrogens is 266 g/mol. The molecule has 4 nitrogen and oxygen atoms in total. The topological polar surface area (TPSA) is 58.6 Å². The zero-order valence-electron chi connectivity index (χ0n) is 12.7. The maximum absolute atomic E-state index is 10.9. The molecule has 0 aromatic heterocycles. The van der Waals surface area contributed by atoms with E-state index in [4.69, 9.17) is 9.84 Å². The van der Waals surface area contributed by atoms with E-state index in [2.05, 4.69) is 18.3 Å². The van der Waals surface area contributed by atoms with E-state index in [1.807, 2.05) is 25.1 Å². The van der Waals surface area contributed by atoms with Gasteiger partial charge in [0.1, 0.15) is 5.75 Å². The van der Waals surface area contributed by atoms with Crippen LogP contribution in [0.4, 0.5) is 0 Å². The quantitative estimate of drug-likeness (QED) is 0.845. The molecule has 1 unspecified atom stereocenters. The third-order valence-electron chi connectivity index (χ3n) is 3.81. The van der Waals surface area contributed by atoms with Crippen molar-refractivity contribution in [3.63, 3.8) is 0 Å². The Hall–Kier alpha value is -1.97. The Labute approximate surface area is 125 Å². The van der Waals surface area contributed by atoms with Crippen LogP contribution in [0.25, 0.3) is 0 Å². The highest BCUT2D eigenvalue weighted by Gasteiger charge is 2.23. The Morgan fingerprint density at radius 3 is 3.00 bits per heavy atom. The highest BCUT2D eigenvalue weighted by molar-refractivity contribution is 5.70.